The van der Waals surface area contributed by atoms with E-state index in [4.69, 9.17) is 27.5 Å². The van der Waals surface area contributed by atoms with Crippen LogP contribution < -0.4 is 10.1 Å². The fourth-order valence-corrected chi connectivity index (χ4v) is 4.42. The van der Waals surface area contributed by atoms with E-state index in [1.54, 1.807) is 19.2 Å². The summed E-state index contributed by atoms with van der Waals surface area (Å²) in [6, 6.07) is 5.33. The van der Waals surface area contributed by atoms with Crippen LogP contribution in [0.15, 0.2) is 53.8 Å². The van der Waals surface area contributed by atoms with Crippen LogP contribution in [0, 0.1) is 12.3 Å². The van der Waals surface area contributed by atoms with Gasteiger partial charge in [-0.3, -0.25) is 10.3 Å². The predicted molar refractivity (Wildman–Crippen MR) is 127 cm³/mol. The zero-order chi connectivity index (χ0) is 22.8. The van der Waals surface area contributed by atoms with Crippen LogP contribution in [-0.2, 0) is 4.74 Å². The first-order valence-corrected chi connectivity index (χ1v) is 11.3. The number of rotatable bonds is 7. The molecular weight excluding hydrogens is 432 g/mol. The van der Waals surface area contributed by atoms with Gasteiger partial charge in [0.05, 0.1) is 10.5 Å². The second-order valence-electron chi connectivity index (χ2n) is 7.98. The summed E-state index contributed by atoms with van der Waals surface area (Å²) < 4.78 is 11.5. The van der Waals surface area contributed by atoms with Crippen LogP contribution in [0.1, 0.15) is 33.3 Å². The molecule has 0 aliphatic carbocycles. The lowest BCUT2D eigenvalue weighted by Gasteiger charge is -2.40. The van der Waals surface area contributed by atoms with Gasteiger partial charge in [-0.15, -0.1) is 18.2 Å². The van der Waals surface area contributed by atoms with Crippen molar-refractivity contribution >= 4 is 34.3 Å². The second-order valence-corrected chi connectivity index (χ2v) is 9.28. The van der Waals surface area contributed by atoms with E-state index in [1.165, 1.54) is 18.0 Å². The maximum atomic E-state index is 11.3. The molecule has 0 saturated heterocycles. The highest BCUT2D eigenvalue weighted by atomic mass is 35.5. The number of fused-ring (bicyclic) bond motifs is 1. The van der Waals surface area contributed by atoms with Gasteiger partial charge >= 0.3 is 0 Å². The van der Waals surface area contributed by atoms with E-state index in [0.29, 0.717) is 21.9 Å². The summed E-state index contributed by atoms with van der Waals surface area (Å²) in [5.41, 5.74) is 2.61. The highest BCUT2D eigenvalue weighted by molar-refractivity contribution is 7.99. The van der Waals surface area contributed by atoms with Crippen LogP contribution in [0.4, 0.5) is 0 Å². The highest BCUT2D eigenvalue weighted by Crippen LogP contribution is 2.33. The molecule has 5 nitrogen and oxygen atoms in total. The maximum Gasteiger partial charge on any atom is 0.186 e. The Morgan fingerprint density at radius 3 is 2.74 bits per heavy atom. The second kappa shape index (κ2) is 9.00. The van der Waals surface area contributed by atoms with Crippen LogP contribution in [0.5, 0.6) is 5.75 Å². The van der Waals surface area contributed by atoms with Crippen molar-refractivity contribution in [2.45, 2.75) is 44.4 Å². The van der Waals surface area contributed by atoms with E-state index in [2.05, 4.69) is 22.0 Å². The lowest BCUT2D eigenvalue weighted by molar-refractivity contribution is -0.0489. The van der Waals surface area contributed by atoms with Crippen molar-refractivity contribution in [2.75, 3.05) is 6.26 Å². The zero-order valence-corrected chi connectivity index (χ0v) is 19.7. The van der Waals surface area contributed by atoms with Gasteiger partial charge in [0.1, 0.15) is 17.8 Å². The monoisotopic (exact) mass is 456 g/mol. The largest absolute Gasteiger partial charge is 0.475 e. The van der Waals surface area contributed by atoms with Crippen LogP contribution in [0.25, 0.3) is 10.9 Å². The summed E-state index contributed by atoms with van der Waals surface area (Å²) in [6.07, 6.45) is 12.4. The van der Waals surface area contributed by atoms with Gasteiger partial charge in [0.2, 0.25) is 0 Å². The molecule has 1 aromatic carbocycles. The number of nitrogens with zero attached hydrogens (tertiary/aromatic N) is 1. The summed E-state index contributed by atoms with van der Waals surface area (Å²) in [7, 11) is 0. The molecule has 1 aromatic heterocycles. The smallest absolute Gasteiger partial charge is 0.186 e. The molecule has 0 amide bonds. The number of aromatic nitrogens is 1. The van der Waals surface area contributed by atoms with Crippen molar-refractivity contribution in [1.82, 2.24) is 10.3 Å². The molecule has 162 valence electrons. The number of ether oxygens (including phenoxy) is 2. The number of hydrogen-bond donors (Lipinski definition) is 2. The molecule has 0 fully saturated rings. The van der Waals surface area contributed by atoms with Gasteiger partial charge in [-0.2, -0.15) is 0 Å². The molecular formula is C24H25ClN2O3S. The first-order chi connectivity index (χ1) is 14.6. The van der Waals surface area contributed by atoms with Crippen LogP contribution in [0.2, 0.25) is 5.02 Å². The fraction of sp³-hybridized carbons (Fsp3) is 0.333. The maximum absolute atomic E-state index is 11.3. The van der Waals surface area contributed by atoms with E-state index >= 15 is 0 Å². The van der Waals surface area contributed by atoms with Crippen molar-refractivity contribution in [1.29, 1.82) is 0 Å². The normalized spacial score (nSPS) is 16.6. The first-order valence-electron chi connectivity index (χ1n) is 9.63. The summed E-state index contributed by atoms with van der Waals surface area (Å²) in [5.74, 6) is 3.83. The number of nitrogens with one attached hydrogen (secondary N) is 1. The number of pyridine rings is 1. The van der Waals surface area contributed by atoms with Gasteiger partial charge in [0.15, 0.2) is 11.2 Å². The molecule has 2 N–H and O–H groups in total. The van der Waals surface area contributed by atoms with Crippen molar-refractivity contribution in [3.63, 3.8) is 0 Å². The summed E-state index contributed by atoms with van der Waals surface area (Å²) in [6.45, 7) is 7.47. The number of benzene rings is 1. The van der Waals surface area contributed by atoms with Crippen molar-refractivity contribution < 1.29 is 14.6 Å². The Morgan fingerprint density at radius 1 is 1.35 bits per heavy atom. The van der Waals surface area contributed by atoms with Gasteiger partial charge in [-0.25, -0.2) is 0 Å². The Labute approximate surface area is 192 Å². The van der Waals surface area contributed by atoms with Crippen molar-refractivity contribution in [3.8, 4) is 18.1 Å². The van der Waals surface area contributed by atoms with Gasteiger partial charge in [-0.05, 0) is 52.2 Å². The van der Waals surface area contributed by atoms with E-state index in [9.17, 15) is 5.11 Å². The van der Waals surface area contributed by atoms with Crippen LogP contribution in [0.3, 0.4) is 0 Å². The number of allylic oxidation sites excluding steroid dienone is 1. The Hall–Kier alpha value is -2.39. The first kappa shape index (κ1) is 23.3. The average Bonchev–Trinajstić information content (AvgIpc) is 2.70. The van der Waals surface area contributed by atoms with Crippen molar-refractivity contribution in [3.05, 3.63) is 64.4 Å². The Balaban J connectivity index is 1.87. The quantitative estimate of drug-likeness (QED) is 0.348. The van der Waals surface area contributed by atoms with E-state index in [0.717, 1.165) is 16.7 Å². The van der Waals surface area contributed by atoms with Gasteiger partial charge in [0, 0.05) is 34.3 Å². The third-order valence-corrected chi connectivity index (χ3v) is 6.11. The molecule has 2 unspecified atom stereocenters. The molecule has 2 atom stereocenters. The minimum Gasteiger partial charge on any atom is -0.475 e. The molecule has 0 spiro atoms. The molecule has 31 heavy (non-hydrogen) atoms. The van der Waals surface area contributed by atoms with E-state index in [1.807, 2.05) is 45.2 Å². The zero-order valence-electron chi connectivity index (χ0n) is 18.1. The molecule has 0 saturated carbocycles. The molecule has 1 aliphatic rings. The minimum absolute atomic E-state index is 0.446. The third-order valence-electron chi connectivity index (χ3n) is 4.84. The SMILES string of the molecule is C#Cc1cnc2c(Cl)cc(OC(SC)C(C)(O)NC(C)(C)C3=C=COC(C)=C3)cc2c1. The lowest BCUT2D eigenvalue weighted by atomic mass is 9.92. The Kier molecular flexibility index (Phi) is 6.76. The van der Waals surface area contributed by atoms with Crippen LogP contribution in [-0.4, -0.2) is 33.0 Å². The van der Waals surface area contributed by atoms with Gasteiger partial charge in [0.25, 0.3) is 0 Å². The minimum atomic E-state index is -1.39. The number of thioether (sulfide) groups is 1. The van der Waals surface area contributed by atoms with Crippen LogP contribution >= 0.6 is 23.4 Å². The number of terminal acetylenes is 1. The summed E-state index contributed by atoms with van der Waals surface area (Å²) in [4.78, 5) is 4.32. The average molecular weight is 457 g/mol. The third kappa shape index (κ3) is 5.27. The number of aliphatic hydroxyl groups is 1. The molecule has 0 radical (unpaired) electrons. The fourth-order valence-electron chi connectivity index (χ4n) is 3.43. The molecule has 3 rings (SSSR count). The Morgan fingerprint density at radius 2 is 2.10 bits per heavy atom. The van der Waals surface area contributed by atoms with E-state index < -0.39 is 16.7 Å². The van der Waals surface area contributed by atoms with Gasteiger partial charge in [-0.1, -0.05) is 23.3 Å². The standard InChI is InChI=1S/C24H25ClN2O3S/c1-7-16-11-17-12-19(13-20(25)21(17)26-14-16)30-22(31-6)24(5,28)27-23(3,4)18-8-9-29-15(2)10-18/h1,9-14,22,27-28H,2-6H3. The van der Waals surface area contributed by atoms with Crippen molar-refractivity contribution in [2.24, 2.45) is 0 Å². The lowest BCUT2D eigenvalue weighted by Crippen LogP contribution is -2.60. The molecule has 7 heteroatoms. The van der Waals surface area contributed by atoms with E-state index in [-0.39, 0.29) is 0 Å². The molecule has 1 aliphatic heterocycles. The highest BCUT2D eigenvalue weighted by Gasteiger charge is 2.39. The molecule has 0 bridgehead atoms. The summed E-state index contributed by atoms with van der Waals surface area (Å²) >= 11 is 7.78. The molecule has 2 heterocycles. The topological polar surface area (TPSA) is 63.6 Å². The Bertz CT molecular complexity index is 1140. The number of halogens is 1. The number of hydrogen-bond acceptors (Lipinski definition) is 6. The molecule has 2 aromatic rings. The van der Waals surface area contributed by atoms with Gasteiger partial charge < -0.3 is 14.6 Å². The summed E-state index contributed by atoms with van der Waals surface area (Å²) in [5, 5.41) is 15.8. The predicted octanol–water partition coefficient (Wildman–Crippen LogP) is 4.99.